The monoisotopic (exact) mass is 387 g/mol. The van der Waals surface area contributed by atoms with E-state index in [4.69, 9.17) is 18.9 Å². The number of hydrogen-bond acceptors (Lipinski definition) is 2. The molecule has 1 heterocycles. The second kappa shape index (κ2) is 6.45. The Balaban J connectivity index is 1.91. The predicted octanol–water partition coefficient (Wildman–Crippen LogP) is 5.96. The number of rotatable bonds is 2. The smallest absolute Gasteiger partial charge is 0.399 e. The van der Waals surface area contributed by atoms with Gasteiger partial charge in [-0.3, -0.25) is 0 Å². The molecule has 0 unspecified atom stereocenters. The Kier molecular flexibility index (Phi) is 2.70. The first-order valence-corrected chi connectivity index (χ1v) is 9.65. The van der Waals surface area contributed by atoms with Gasteiger partial charge >= 0.3 is 7.12 Å². The van der Waals surface area contributed by atoms with E-state index in [2.05, 4.69) is 0 Å². The zero-order valence-electron chi connectivity index (χ0n) is 23.9. The fourth-order valence-electron chi connectivity index (χ4n) is 3.67. The van der Waals surface area contributed by atoms with E-state index in [1.54, 1.807) is 0 Å². The van der Waals surface area contributed by atoms with E-state index in [0.717, 1.165) is 10.8 Å². The molecule has 0 N–H and O–H groups in total. The van der Waals surface area contributed by atoms with Crippen molar-refractivity contribution < 1.29 is 18.9 Å². The van der Waals surface area contributed by atoms with Gasteiger partial charge in [-0.1, -0.05) is 78.7 Å². The molecular weight excluding hydrogens is 355 g/mol. The average Bonchev–Trinajstić information content (AvgIpc) is 3.05. The van der Waals surface area contributed by atoms with Gasteiger partial charge in [-0.2, -0.15) is 0 Å². The van der Waals surface area contributed by atoms with Gasteiger partial charge in [0.2, 0.25) is 0 Å². The van der Waals surface area contributed by atoms with Crippen molar-refractivity contribution in [1.29, 1.82) is 0 Å². The molecule has 0 bridgehead atoms. The highest BCUT2D eigenvalue weighted by Gasteiger charge is 2.51. The first-order chi connectivity index (χ1) is 16.8. The van der Waals surface area contributed by atoms with Crippen LogP contribution in [0.25, 0.3) is 32.7 Å². The minimum Gasteiger partial charge on any atom is -0.399 e. The van der Waals surface area contributed by atoms with Crippen molar-refractivity contribution in [3.05, 3.63) is 78.7 Å². The van der Waals surface area contributed by atoms with E-state index in [-0.39, 0.29) is 28.4 Å². The maximum absolute atomic E-state index is 8.81. The molecule has 4 aromatic rings. The molecule has 144 valence electrons. The lowest BCUT2D eigenvalue weighted by molar-refractivity contribution is 0.00578. The summed E-state index contributed by atoms with van der Waals surface area (Å²) in [4.78, 5) is 0. The Bertz CT molecular complexity index is 1560. The van der Waals surface area contributed by atoms with E-state index in [1.165, 1.54) is 0 Å². The van der Waals surface area contributed by atoms with Gasteiger partial charge in [0.05, 0.1) is 20.8 Å². The maximum atomic E-state index is 8.81. The molecule has 3 heteroatoms. The molecule has 0 saturated carbocycles. The third-order valence-corrected chi connectivity index (χ3v) is 5.99. The Morgan fingerprint density at radius 2 is 1.41 bits per heavy atom. The van der Waals surface area contributed by atoms with E-state index < -0.39 is 48.5 Å². The Hall–Kier alpha value is -2.62. The molecule has 2 nitrogen and oxygen atoms in total. The Morgan fingerprint density at radius 1 is 0.724 bits per heavy atom. The van der Waals surface area contributed by atoms with Crippen LogP contribution in [0.1, 0.15) is 37.3 Å². The van der Waals surface area contributed by atoms with Gasteiger partial charge in [0, 0.05) is 0 Å². The minimum atomic E-state index is -0.696. The highest BCUT2D eigenvalue weighted by molar-refractivity contribution is 6.62. The fraction of sp³-hybridized carbons (Fsp3) is 0.231. The lowest BCUT2D eigenvalue weighted by atomic mass is 9.76. The highest BCUT2D eigenvalue weighted by atomic mass is 16.7. The molecule has 1 aliphatic heterocycles. The van der Waals surface area contributed by atoms with Crippen molar-refractivity contribution >= 4 is 34.1 Å². The van der Waals surface area contributed by atoms with Crippen LogP contribution in [0.4, 0.5) is 0 Å². The van der Waals surface area contributed by atoms with Crippen LogP contribution in [0.3, 0.4) is 0 Å². The third kappa shape index (κ3) is 2.97. The molecule has 0 aliphatic carbocycles. The number of benzene rings is 4. The molecule has 0 atom stereocenters. The summed E-state index contributed by atoms with van der Waals surface area (Å²) in [6.45, 7) is 7.83. The summed E-state index contributed by atoms with van der Waals surface area (Å²) in [5.74, 6) is 0. The van der Waals surface area contributed by atoms with Crippen LogP contribution in [0.15, 0.2) is 78.7 Å². The van der Waals surface area contributed by atoms with Crippen LogP contribution in [0.2, 0.25) is 0 Å². The maximum Gasteiger partial charge on any atom is 0.494 e. The molecule has 4 aromatic carbocycles. The summed E-state index contributed by atoms with van der Waals surface area (Å²) >= 11 is 0. The molecule has 1 aliphatic rings. The second-order valence-electron chi connectivity index (χ2n) is 8.38. The molecule has 0 radical (unpaired) electrons. The number of hydrogen-bond donors (Lipinski definition) is 0. The largest absolute Gasteiger partial charge is 0.494 e. The summed E-state index contributed by atoms with van der Waals surface area (Å²) in [5.41, 5.74) is 0.255. The molecule has 0 aromatic heterocycles. The molecule has 0 spiro atoms. The lowest BCUT2D eigenvalue weighted by Gasteiger charge is -2.32. The van der Waals surface area contributed by atoms with Crippen LogP contribution in [0, 0.1) is 0 Å². The van der Waals surface area contributed by atoms with Crippen molar-refractivity contribution in [1.82, 2.24) is 0 Å². The van der Waals surface area contributed by atoms with Crippen LogP contribution < -0.4 is 5.46 Å². The molecule has 1 fully saturated rings. The van der Waals surface area contributed by atoms with E-state index in [1.807, 2.05) is 64.1 Å². The normalized spacial score (nSPS) is 21.2. The molecule has 5 rings (SSSR count). The zero-order chi connectivity index (χ0) is 26.3. The third-order valence-electron chi connectivity index (χ3n) is 5.99. The Labute approximate surface area is 182 Å². The molecular formula is C26H25BO2. The zero-order valence-corrected chi connectivity index (χ0v) is 16.9. The minimum absolute atomic E-state index is 0.0585. The second-order valence-corrected chi connectivity index (χ2v) is 8.38. The number of fused-ring (bicyclic) bond motifs is 2. The lowest BCUT2D eigenvalue weighted by Crippen LogP contribution is -2.41. The van der Waals surface area contributed by atoms with Gasteiger partial charge in [-0.05, 0) is 65.8 Å². The summed E-state index contributed by atoms with van der Waals surface area (Å²) in [6, 6.07) is 8.56. The first-order valence-electron chi connectivity index (χ1n) is 13.2. The van der Waals surface area contributed by atoms with Crippen LogP contribution in [-0.2, 0) is 9.31 Å². The van der Waals surface area contributed by atoms with E-state index in [9.17, 15) is 0 Å². The van der Waals surface area contributed by atoms with Crippen molar-refractivity contribution in [2.24, 2.45) is 0 Å². The first kappa shape index (κ1) is 12.2. The fourth-order valence-corrected chi connectivity index (χ4v) is 3.67. The summed E-state index contributed by atoms with van der Waals surface area (Å²) in [6.07, 6.45) is 0. The molecule has 29 heavy (non-hydrogen) atoms. The van der Waals surface area contributed by atoms with Crippen molar-refractivity contribution in [3.8, 4) is 11.1 Å². The van der Waals surface area contributed by atoms with Crippen LogP contribution in [0.5, 0.6) is 0 Å². The van der Waals surface area contributed by atoms with Gasteiger partial charge in [-0.15, -0.1) is 0 Å². The standard InChI is InChI=1S/C26H25BO2/c1-25(2)26(3,4)29-27(28-25)20-16-19-11-6-8-14-22(19)24(17-20)23-15-9-12-18-10-5-7-13-21(18)23/h5-17H,1-4H3/i5D,7D,9D,10D,12D,13D,15D. The SMILES string of the molecule is [2H]c1c([2H])c([2H])c2c(-c3cc(B4OC(C)(C)C(C)(C)O4)cc4ccccc34)c([2H])c([2H])c([2H])c2c1[2H]. The van der Waals surface area contributed by atoms with E-state index in [0.29, 0.717) is 11.0 Å². The van der Waals surface area contributed by atoms with Crippen molar-refractivity contribution in [2.45, 2.75) is 38.9 Å². The van der Waals surface area contributed by atoms with Gasteiger partial charge in [0.15, 0.2) is 0 Å². The summed E-state index contributed by atoms with van der Waals surface area (Å²) in [5, 5.41) is 1.57. The van der Waals surface area contributed by atoms with Gasteiger partial charge in [0.25, 0.3) is 0 Å². The van der Waals surface area contributed by atoms with Gasteiger partial charge < -0.3 is 9.31 Å². The van der Waals surface area contributed by atoms with Crippen LogP contribution in [-0.4, -0.2) is 18.3 Å². The van der Waals surface area contributed by atoms with Crippen molar-refractivity contribution in [3.63, 3.8) is 0 Å². The average molecular weight is 387 g/mol. The predicted molar refractivity (Wildman–Crippen MR) is 123 cm³/mol. The van der Waals surface area contributed by atoms with Gasteiger partial charge in [-0.25, -0.2) is 0 Å². The van der Waals surface area contributed by atoms with E-state index >= 15 is 0 Å². The highest BCUT2D eigenvalue weighted by Crippen LogP contribution is 2.38. The quantitative estimate of drug-likeness (QED) is 0.395. The topological polar surface area (TPSA) is 18.5 Å². The molecule has 0 amide bonds. The van der Waals surface area contributed by atoms with Gasteiger partial charge in [0.1, 0.15) is 0 Å². The Morgan fingerprint density at radius 3 is 2.21 bits per heavy atom. The summed E-state index contributed by atoms with van der Waals surface area (Å²) < 4.78 is 71.6. The molecule has 1 saturated heterocycles. The van der Waals surface area contributed by atoms with Crippen LogP contribution >= 0.6 is 0 Å². The van der Waals surface area contributed by atoms with Crippen molar-refractivity contribution in [2.75, 3.05) is 0 Å². The summed E-state index contributed by atoms with van der Waals surface area (Å²) in [7, 11) is -0.696.